The van der Waals surface area contributed by atoms with Crippen molar-refractivity contribution in [2.45, 2.75) is 12.8 Å². The van der Waals surface area contributed by atoms with Gasteiger partial charge in [0, 0.05) is 24.1 Å². The number of amides is 1. The third-order valence-electron chi connectivity index (χ3n) is 3.56. The predicted molar refractivity (Wildman–Crippen MR) is 103 cm³/mol. The summed E-state index contributed by atoms with van der Waals surface area (Å²) in [4.78, 5) is 12.1. The molecule has 1 N–H and O–H groups in total. The van der Waals surface area contributed by atoms with Crippen LogP contribution >= 0.6 is 23.2 Å². The Kier molecular flexibility index (Phi) is 7.02. The summed E-state index contributed by atoms with van der Waals surface area (Å²) in [6.07, 6.45) is 1.08. The Morgan fingerprint density at radius 3 is 2.44 bits per heavy atom. The molecule has 0 saturated heterocycles. The standard InChI is InChI=1S/C17H16Cl2F2N2O3S/c1-27(25,26)23(12-5-7-14(20)15(21)10-12)8-2-3-17(24)22-16-9-11(18)4-6-13(16)19/h4-7,9-10H,2-3,8H2,1H3,(H,22,24). The Morgan fingerprint density at radius 2 is 1.81 bits per heavy atom. The van der Waals surface area contributed by atoms with Gasteiger partial charge in [-0.1, -0.05) is 23.2 Å². The fraction of sp³-hybridized carbons (Fsp3) is 0.235. The Bertz CT molecular complexity index is 955. The van der Waals surface area contributed by atoms with Crippen LogP contribution in [0.2, 0.25) is 10.0 Å². The van der Waals surface area contributed by atoms with Gasteiger partial charge in [-0.25, -0.2) is 17.2 Å². The molecule has 0 aliphatic rings. The number of hydrogen-bond acceptors (Lipinski definition) is 3. The average Bonchev–Trinajstić information content (AvgIpc) is 2.56. The van der Waals surface area contributed by atoms with Crippen LogP contribution in [0.3, 0.4) is 0 Å². The van der Waals surface area contributed by atoms with E-state index < -0.39 is 27.6 Å². The van der Waals surface area contributed by atoms with E-state index in [0.29, 0.717) is 15.7 Å². The second-order valence-electron chi connectivity index (χ2n) is 5.71. The van der Waals surface area contributed by atoms with Gasteiger partial charge in [-0.3, -0.25) is 9.10 Å². The summed E-state index contributed by atoms with van der Waals surface area (Å²) in [5, 5.41) is 3.30. The molecule has 27 heavy (non-hydrogen) atoms. The summed E-state index contributed by atoms with van der Waals surface area (Å²) in [7, 11) is -3.74. The summed E-state index contributed by atoms with van der Waals surface area (Å²) in [5.41, 5.74) is 0.324. The van der Waals surface area contributed by atoms with Gasteiger partial charge in [0.1, 0.15) is 0 Å². The van der Waals surface area contributed by atoms with Crippen molar-refractivity contribution >= 4 is 50.5 Å². The smallest absolute Gasteiger partial charge is 0.232 e. The van der Waals surface area contributed by atoms with Crippen LogP contribution in [0, 0.1) is 11.6 Å². The molecule has 2 aromatic carbocycles. The van der Waals surface area contributed by atoms with Gasteiger partial charge >= 0.3 is 0 Å². The number of benzene rings is 2. The zero-order valence-corrected chi connectivity index (χ0v) is 16.5. The first kappa shape index (κ1) is 21.4. The van der Waals surface area contributed by atoms with Crippen molar-refractivity contribution in [1.82, 2.24) is 0 Å². The van der Waals surface area contributed by atoms with Crippen molar-refractivity contribution < 1.29 is 22.0 Å². The maximum atomic E-state index is 13.4. The topological polar surface area (TPSA) is 66.5 Å². The van der Waals surface area contributed by atoms with Crippen molar-refractivity contribution in [3.05, 3.63) is 58.1 Å². The van der Waals surface area contributed by atoms with Gasteiger partial charge in [-0.2, -0.15) is 0 Å². The molecule has 0 bridgehead atoms. The molecule has 0 saturated carbocycles. The first-order valence-corrected chi connectivity index (χ1v) is 10.4. The van der Waals surface area contributed by atoms with Gasteiger partial charge in [0.2, 0.25) is 15.9 Å². The molecule has 0 atom stereocenters. The highest BCUT2D eigenvalue weighted by Gasteiger charge is 2.19. The van der Waals surface area contributed by atoms with Crippen LogP contribution in [-0.2, 0) is 14.8 Å². The van der Waals surface area contributed by atoms with Gasteiger partial charge in [-0.15, -0.1) is 0 Å². The molecule has 2 aromatic rings. The van der Waals surface area contributed by atoms with E-state index in [1.165, 1.54) is 12.1 Å². The van der Waals surface area contributed by atoms with Gasteiger partial charge in [0.05, 0.1) is 22.7 Å². The van der Waals surface area contributed by atoms with Crippen molar-refractivity contribution in [2.75, 3.05) is 22.4 Å². The van der Waals surface area contributed by atoms with Crippen LogP contribution in [0.25, 0.3) is 0 Å². The van der Waals surface area contributed by atoms with Crippen molar-refractivity contribution in [3.8, 4) is 0 Å². The van der Waals surface area contributed by atoms with Gasteiger partial charge in [-0.05, 0) is 36.8 Å². The van der Waals surface area contributed by atoms with E-state index in [1.54, 1.807) is 6.07 Å². The second-order valence-corrected chi connectivity index (χ2v) is 8.46. The van der Waals surface area contributed by atoms with Crippen molar-refractivity contribution in [2.24, 2.45) is 0 Å². The number of carbonyl (C=O) groups is 1. The van der Waals surface area contributed by atoms with Crippen LogP contribution in [0.1, 0.15) is 12.8 Å². The molecule has 5 nitrogen and oxygen atoms in total. The maximum Gasteiger partial charge on any atom is 0.232 e. The van der Waals surface area contributed by atoms with Crippen molar-refractivity contribution in [3.63, 3.8) is 0 Å². The number of halogens is 4. The monoisotopic (exact) mass is 436 g/mol. The molecule has 0 aromatic heterocycles. The van der Waals surface area contributed by atoms with Gasteiger partial charge in [0.15, 0.2) is 11.6 Å². The fourth-order valence-corrected chi connectivity index (χ4v) is 3.61. The first-order valence-electron chi connectivity index (χ1n) is 7.75. The lowest BCUT2D eigenvalue weighted by Gasteiger charge is -2.22. The molecular formula is C17H16Cl2F2N2O3S. The number of nitrogens with zero attached hydrogens (tertiary/aromatic N) is 1. The highest BCUT2D eigenvalue weighted by atomic mass is 35.5. The molecule has 1 amide bonds. The van der Waals surface area contributed by atoms with Crippen LogP contribution in [-0.4, -0.2) is 27.1 Å². The molecular weight excluding hydrogens is 421 g/mol. The zero-order chi connectivity index (χ0) is 20.2. The van der Waals surface area contributed by atoms with E-state index in [2.05, 4.69) is 5.32 Å². The summed E-state index contributed by atoms with van der Waals surface area (Å²) >= 11 is 11.8. The normalized spacial score (nSPS) is 11.3. The number of hydrogen-bond donors (Lipinski definition) is 1. The minimum Gasteiger partial charge on any atom is -0.325 e. The molecule has 2 rings (SSSR count). The minimum atomic E-state index is -3.74. The third-order valence-corrected chi connectivity index (χ3v) is 5.32. The number of carbonyl (C=O) groups excluding carboxylic acids is 1. The van der Waals surface area contributed by atoms with Crippen molar-refractivity contribution in [1.29, 1.82) is 0 Å². The van der Waals surface area contributed by atoms with E-state index in [4.69, 9.17) is 23.2 Å². The average molecular weight is 437 g/mol. The molecule has 0 spiro atoms. The summed E-state index contributed by atoms with van der Waals surface area (Å²) < 4.78 is 51.3. The molecule has 0 radical (unpaired) electrons. The van der Waals surface area contributed by atoms with Crippen LogP contribution in [0.15, 0.2) is 36.4 Å². The Hall–Kier alpha value is -1.90. The Morgan fingerprint density at radius 1 is 1.11 bits per heavy atom. The molecule has 0 heterocycles. The Labute approximate surface area is 165 Å². The maximum absolute atomic E-state index is 13.4. The second kappa shape index (κ2) is 8.86. The first-order chi connectivity index (χ1) is 12.6. The van der Waals surface area contributed by atoms with Gasteiger partial charge < -0.3 is 5.32 Å². The summed E-state index contributed by atoms with van der Waals surface area (Å²) in [5.74, 6) is -2.63. The lowest BCUT2D eigenvalue weighted by atomic mass is 10.2. The van der Waals surface area contributed by atoms with Crippen LogP contribution < -0.4 is 9.62 Å². The van der Waals surface area contributed by atoms with E-state index in [-0.39, 0.29) is 25.1 Å². The van der Waals surface area contributed by atoms with E-state index in [0.717, 1.165) is 28.8 Å². The quantitative estimate of drug-likeness (QED) is 0.696. The van der Waals surface area contributed by atoms with E-state index >= 15 is 0 Å². The lowest BCUT2D eigenvalue weighted by molar-refractivity contribution is -0.116. The number of anilines is 2. The number of nitrogens with one attached hydrogen (secondary N) is 1. The Balaban J connectivity index is 2.02. The highest BCUT2D eigenvalue weighted by molar-refractivity contribution is 7.92. The molecule has 0 aliphatic heterocycles. The molecule has 0 unspecified atom stereocenters. The highest BCUT2D eigenvalue weighted by Crippen LogP contribution is 2.26. The van der Waals surface area contributed by atoms with Crippen LogP contribution in [0.4, 0.5) is 20.2 Å². The van der Waals surface area contributed by atoms with Gasteiger partial charge in [0.25, 0.3) is 0 Å². The third kappa shape index (κ3) is 6.05. The zero-order valence-electron chi connectivity index (χ0n) is 14.2. The lowest BCUT2D eigenvalue weighted by Crippen LogP contribution is -2.31. The summed E-state index contributed by atoms with van der Waals surface area (Å²) in [6, 6.07) is 7.40. The van der Waals surface area contributed by atoms with E-state index in [1.807, 2.05) is 0 Å². The molecule has 10 heteroatoms. The summed E-state index contributed by atoms with van der Waals surface area (Å²) in [6.45, 7) is -0.0827. The predicted octanol–water partition coefficient (Wildman–Crippen LogP) is 4.46. The molecule has 0 fully saturated rings. The largest absolute Gasteiger partial charge is 0.325 e. The SMILES string of the molecule is CS(=O)(=O)N(CCCC(=O)Nc1cc(Cl)ccc1Cl)c1ccc(F)c(F)c1. The fourth-order valence-electron chi connectivity index (χ4n) is 2.32. The number of sulfonamides is 1. The molecule has 0 aliphatic carbocycles. The minimum absolute atomic E-state index is 0.0153. The van der Waals surface area contributed by atoms with E-state index in [9.17, 15) is 22.0 Å². The number of rotatable bonds is 7. The van der Waals surface area contributed by atoms with Crippen LogP contribution in [0.5, 0.6) is 0 Å². The molecule has 146 valence electrons.